The van der Waals surface area contributed by atoms with E-state index in [2.05, 4.69) is 13.2 Å². The van der Waals surface area contributed by atoms with Crippen molar-refractivity contribution >= 4 is 5.78 Å². The second kappa shape index (κ2) is 3.13. The van der Waals surface area contributed by atoms with Gasteiger partial charge >= 0.3 is 0 Å². The van der Waals surface area contributed by atoms with Crippen molar-refractivity contribution in [2.45, 2.75) is 0 Å². The first-order chi connectivity index (χ1) is 3.72. The standard InChI is InChI=1S/C6H7FO/c1-3-5(2)6(8)4-7/h3H,1-2,4H2. The summed E-state index contributed by atoms with van der Waals surface area (Å²) >= 11 is 0. The third kappa shape index (κ3) is 1.69. The Hall–Kier alpha value is -0.920. The number of rotatable bonds is 3. The number of Topliss-reactive ketones (excluding diaryl/α,β-unsaturated/α-hetero) is 1. The second-order valence-electron chi connectivity index (χ2n) is 1.29. The molecule has 1 nitrogen and oxygen atoms in total. The van der Waals surface area contributed by atoms with Crippen molar-refractivity contribution in [3.63, 3.8) is 0 Å². The van der Waals surface area contributed by atoms with Gasteiger partial charge in [-0.05, 0) is 0 Å². The lowest BCUT2D eigenvalue weighted by Gasteiger charge is -1.87. The molecule has 0 unspecified atom stereocenters. The highest BCUT2D eigenvalue weighted by molar-refractivity contribution is 5.98. The zero-order chi connectivity index (χ0) is 6.57. The van der Waals surface area contributed by atoms with Crippen molar-refractivity contribution in [1.82, 2.24) is 0 Å². The van der Waals surface area contributed by atoms with Gasteiger partial charge in [-0.15, -0.1) is 0 Å². The van der Waals surface area contributed by atoms with Crippen LogP contribution in [-0.4, -0.2) is 12.5 Å². The highest BCUT2D eigenvalue weighted by Gasteiger charge is 1.99. The first-order valence-corrected chi connectivity index (χ1v) is 2.13. The van der Waals surface area contributed by atoms with Crippen LogP contribution in [-0.2, 0) is 4.79 Å². The minimum atomic E-state index is -0.981. The molecule has 0 rings (SSSR count). The van der Waals surface area contributed by atoms with Crippen molar-refractivity contribution in [2.75, 3.05) is 6.67 Å². The van der Waals surface area contributed by atoms with Crippen LogP contribution < -0.4 is 0 Å². The number of alkyl halides is 1. The highest BCUT2D eigenvalue weighted by atomic mass is 19.1. The molecule has 0 spiro atoms. The molecule has 0 N–H and O–H groups in total. The van der Waals surface area contributed by atoms with Crippen LogP contribution in [0.5, 0.6) is 0 Å². The molecule has 2 heteroatoms. The molecule has 8 heavy (non-hydrogen) atoms. The molecule has 0 aliphatic heterocycles. The van der Waals surface area contributed by atoms with Gasteiger partial charge in [0.25, 0.3) is 0 Å². The molecule has 0 saturated carbocycles. The van der Waals surface area contributed by atoms with Crippen LogP contribution >= 0.6 is 0 Å². The van der Waals surface area contributed by atoms with Crippen LogP contribution in [0.15, 0.2) is 24.8 Å². The summed E-state index contributed by atoms with van der Waals surface area (Å²) in [6, 6.07) is 0. The fourth-order valence-corrected chi connectivity index (χ4v) is 0.200. The smallest absolute Gasteiger partial charge is 0.193 e. The molecule has 0 heterocycles. The summed E-state index contributed by atoms with van der Waals surface area (Å²) in [5.41, 5.74) is 0.132. The first kappa shape index (κ1) is 7.08. The largest absolute Gasteiger partial charge is 0.291 e. The number of allylic oxidation sites excluding steroid dienone is 2. The van der Waals surface area contributed by atoms with E-state index in [0.717, 1.165) is 0 Å². The minimum absolute atomic E-state index is 0.132. The normalized spacial score (nSPS) is 8.12. The monoisotopic (exact) mass is 114 g/mol. The Kier molecular flexibility index (Phi) is 2.77. The van der Waals surface area contributed by atoms with E-state index in [1.54, 1.807) is 0 Å². The van der Waals surface area contributed by atoms with E-state index >= 15 is 0 Å². The first-order valence-electron chi connectivity index (χ1n) is 2.13. The van der Waals surface area contributed by atoms with Crippen LogP contribution in [0.3, 0.4) is 0 Å². The molecular formula is C6H7FO. The fourth-order valence-electron chi connectivity index (χ4n) is 0.200. The van der Waals surface area contributed by atoms with Gasteiger partial charge in [0.15, 0.2) is 12.5 Å². The molecule has 0 atom stereocenters. The average Bonchev–Trinajstić information content (AvgIpc) is 1.84. The lowest BCUT2D eigenvalue weighted by molar-refractivity contribution is -0.116. The average molecular weight is 114 g/mol. The van der Waals surface area contributed by atoms with Crippen molar-refractivity contribution in [1.29, 1.82) is 0 Å². The van der Waals surface area contributed by atoms with Crippen molar-refractivity contribution in [3.05, 3.63) is 24.8 Å². The van der Waals surface area contributed by atoms with Crippen molar-refractivity contribution in [2.24, 2.45) is 0 Å². The third-order valence-corrected chi connectivity index (χ3v) is 0.726. The molecule has 0 aromatic rings. The molecule has 0 fully saturated rings. The van der Waals surface area contributed by atoms with Gasteiger partial charge in [0.2, 0.25) is 0 Å². The van der Waals surface area contributed by atoms with Gasteiger partial charge in [0.05, 0.1) is 0 Å². The summed E-state index contributed by atoms with van der Waals surface area (Å²) in [5.74, 6) is -0.597. The van der Waals surface area contributed by atoms with Gasteiger partial charge in [-0.3, -0.25) is 4.79 Å². The summed E-state index contributed by atoms with van der Waals surface area (Å²) in [6.45, 7) is 5.50. The molecule has 0 amide bonds. The maximum atomic E-state index is 11.4. The molecule has 0 bridgehead atoms. The maximum Gasteiger partial charge on any atom is 0.193 e. The Morgan fingerprint density at radius 3 is 2.38 bits per heavy atom. The van der Waals surface area contributed by atoms with Gasteiger partial charge in [0, 0.05) is 5.57 Å². The summed E-state index contributed by atoms with van der Waals surface area (Å²) in [5, 5.41) is 0. The van der Waals surface area contributed by atoms with E-state index in [9.17, 15) is 9.18 Å². The van der Waals surface area contributed by atoms with E-state index in [4.69, 9.17) is 0 Å². The Bertz CT molecular complexity index is 126. The molecule has 0 aliphatic carbocycles. The van der Waals surface area contributed by atoms with E-state index in [1.165, 1.54) is 6.08 Å². The highest BCUT2D eigenvalue weighted by Crippen LogP contribution is 1.92. The summed E-state index contributed by atoms with van der Waals surface area (Å²) < 4.78 is 11.4. The second-order valence-corrected chi connectivity index (χ2v) is 1.29. The van der Waals surface area contributed by atoms with Crippen LogP contribution in [0.25, 0.3) is 0 Å². The Labute approximate surface area is 47.5 Å². The predicted molar refractivity (Wildman–Crippen MR) is 30.3 cm³/mol. The molecule has 0 aromatic heterocycles. The quantitative estimate of drug-likeness (QED) is 0.399. The molecule has 44 valence electrons. The van der Waals surface area contributed by atoms with Gasteiger partial charge in [0.1, 0.15) is 0 Å². The van der Waals surface area contributed by atoms with Gasteiger partial charge in [-0.2, -0.15) is 0 Å². The SMILES string of the molecule is C=CC(=C)C(=O)CF. The molecule has 0 radical (unpaired) electrons. The van der Waals surface area contributed by atoms with Gasteiger partial charge in [-0.1, -0.05) is 19.2 Å². The van der Waals surface area contributed by atoms with Crippen molar-refractivity contribution < 1.29 is 9.18 Å². The zero-order valence-corrected chi connectivity index (χ0v) is 4.48. The fraction of sp³-hybridized carbons (Fsp3) is 0.167. The number of carbonyl (C=O) groups is 1. The lowest BCUT2D eigenvalue weighted by Crippen LogP contribution is -1.99. The molecular weight excluding hydrogens is 107 g/mol. The minimum Gasteiger partial charge on any atom is -0.291 e. The summed E-state index contributed by atoms with van der Waals surface area (Å²) in [4.78, 5) is 10.2. The van der Waals surface area contributed by atoms with E-state index in [1.807, 2.05) is 0 Å². The number of hydrogen-bond donors (Lipinski definition) is 0. The van der Waals surface area contributed by atoms with Crippen LogP contribution in [0.4, 0.5) is 4.39 Å². The summed E-state index contributed by atoms with van der Waals surface area (Å²) in [7, 11) is 0. The third-order valence-electron chi connectivity index (χ3n) is 0.726. The maximum absolute atomic E-state index is 11.4. The van der Waals surface area contributed by atoms with Gasteiger partial charge < -0.3 is 0 Å². The Morgan fingerprint density at radius 1 is 1.75 bits per heavy atom. The lowest BCUT2D eigenvalue weighted by atomic mass is 10.2. The number of hydrogen-bond acceptors (Lipinski definition) is 1. The van der Waals surface area contributed by atoms with E-state index in [0.29, 0.717) is 0 Å². The predicted octanol–water partition coefficient (Wildman–Crippen LogP) is 1.27. The molecule has 0 aromatic carbocycles. The topological polar surface area (TPSA) is 17.1 Å². The van der Waals surface area contributed by atoms with Crippen LogP contribution in [0, 0.1) is 0 Å². The molecule has 0 aliphatic rings. The van der Waals surface area contributed by atoms with Crippen molar-refractivity contribution in [3.8, 4) is 0 Å². The van der Waals surface area contributed by atoms with E-state index in [-0.39, 0.29) is 5.57 Å². The molecule has 0 saturated heterocycles. The van der Waals surface area contributed by atoms with Gasteiger partial charge in [-0.25, -0.2) is 4.39 Å². The van der Waals surface area contributed by atoms with Crippen LogP contribution in [0.2, 0.25) is 0 Å². The zero-order valence-electron chi connectivity index (χ0n) is 4.48. The number of ketones is 1. The van der Waals surface area contributed by atoms with Crippen LogP contribution in [0.1, 0.15) is 0 Å². The summed E-state index contributed by atoms with van der Waals surface area (Å²) in [6.07, 6.45) is 1.24. The Morgan fingerprint density at radius 2 is 2.25 bits per heavy atom. The van der Waals surface area contributed by atoms with E-state index < -0.39 is 12.5 Å². The Balaban J connectivity index is 3.82. The number of halogens is 1. The number of carbonyl (C=O) groups excluding carboxylic acids is 1.